The Bertz CT molecular complexity index is 188. The van der Waals surface area contributed by atoms with Crippen molar-refractivity contribution in [3.05, 3.63) is 0 Å². The van der Waals surface area contributed by atoms with Gasteiger partial charge in [0, 0.05) is 11.8 Å². The van der Waals surface area contributed by atoms with Gasteiger partial charge in [0.1, 0.15) is 0 Å². The average molecular weight is 179 g/mol. The minimum absolute atomic E-state index is 0.0540. The van der Waals surface area contributed by atoms with E-state index >= 15 is 0 Å². The zero-order chi connectivity index (χ0) is 7.35. The Morgan fingerprint density at radius 2 is 2.10 bits per heavy atom. The smallest absolute Gasteiger partial charge is 0.179 e. The highest BCUT2D eigenvalue weighted by Gasteiger charge is 2.61. The molecule has 2 unspecified atom stereocenters. The third-order valence-electron chi connectivity index (χ3n) is 2.65. The van der Waals surface area contributed by atoms with E-state index in [0.29, 0.717) is 0 Å². The van der Waals surface area contributed by atoms with Crippen LogP contribution in [0.2, 0.25) is 0 Å². The Hall–Kier alpha value is 0.250. The highest BCUT2D eigenvalue weighted by atomic mass is 35.5. The summed E-state index contributed by atoms with van der Waals surface area (Å²) in [6.07, 6.45) is 3.15. The lowest BCUT2D eigenvalue weighted by molar-refractivity contribution is -0.133. The Morgan fingerprint density at radius 3 is 2.70 bits per heavy atom. The number of fused-ring (bicyclic) bond motifs is 1. The zero-order valence-corrected chi connectivity index (χ0v) is 6.95. The largest absolute Gasteiger partial charge is 0.296 e. The molecule has 56 valence electrons. The molecule has 0 aliphatic heterocycles. The maximum absolute atomic E-state index is 11.1. The van der Waals surface area contributed by atoms with Crippen molar-refractivity contribution in [2.24, 2.45) is 11.8 Å². The SMILES string of the molecule is O=C1C2CCCC2C1(Cl)Cl. The van der Waals surface area contributed by atoms with Crippen molar-refractivity contribution in [3.8, 4) is 0 Å². The summed E-state index contributed by atoms with van der Waals surface area (Å²) in [6.45, 7) is 0. The number of carbonyl (C=O) groups excluding carboxylic acids is 1. The molecule has 0 aromatic carbocycles. The van der Waals surface area contributed by atoms with Crippen molar-refractivity contribution in [2.45, 2.75) is 23.6 Å². The Kier molecular flexibility index (Phi) is 1.31. The van der Waals surface area contributed by atoms with Crippen molar-refractivity contribution in [2.75, 3.05) is 0 Å². The Morgan fingerprint density at radius 1 is 1.40 bits per heavy atom. The molecule has 0 radical (unpaired) electrons. The van der Waals surface area contributed by atoms with E-state index in [9.17, 15) is 4.79 Å². The van der Waals surface area contributed by atoms with Crippen molar-refractivity contribution in [3.63, 3.8) is 0 Å². The van der Waals surface area contributed by atoms with Gasteiger partial charge in [-0.15, -0.1) is 0 Å². The molecule has 2 rings (SSSR count). The van der Waals surface area contributed by atoms with E-state index in [1.165, 1.54) is 0 Å². The molecule has 3 heteroatoms. The summed E-state index contributed by atoms with van der Waals surface area (Å²) in [5, 5.41) is 0. The number of ketones is 1. The molecule has 0 spiro atoms. The maximum Gasteiger partial charge on any atom is 0.179 e. The number of hydrogen-bond acceptors (Lipinski definition) is 1. The number of alkyl halides is 2. The summed E-state index contributed by atoms with van der Waals surface area (Å²) >= 11 is 11.5. The van der Waals surface area contributed by atoms with Gasteiger partial charge >= 0.3 is 0 Å². The number of carbonyl (C=O) groups is 1. The molecule has 1 nitrogen and oxygen atoms in total. The lowest BCUT2D eigenvalue weighted by Gasteiger charge is -2.41. The van der Waals surface area contributed by atoms with Crippen LogP contribution in [0.3, 0.4) is 0 Å². The van der Waals surface area contributed by atoms with Crippen LogP contribution in [0.15, 0.2) is 0 Å². The zero-order valence-electron chi connectivity index (χ0n) is 5.44. The number of halogens is 2. The molecule has 2 fully saturated rings. The van der Waals surface area contributed by atoms with E-state index < -0.39 is 4.33 Å². The van der Waals surface area contributed by atoms with Gasteiger partial charge in [-0.25, -0.2) is 0 Å². The molecule has 2 aliphatic carbocycles. The van der Waals surface area contributed by atoms with Crippen molar-refractivity contribution in [1.82, 2.24) is 0 Å². The third-order valence-corrected chi connectivity index (χ3v) is 3.58. The molecule has 2 saturated carbocycles. The molecule has 2 atom stereocenters. The fraction of sp³-hybridized carbons (Fsp3) is 0.857. The lowest BCUT2D eigenvalue weighted by atomic mass is 9.74. The van der Waals surface area contributed by atoms with Crippen molar-refractivity contribution in [1.29, 1.82) is 0 Å². The lowest BCUT2D eigenvalue weighted by Crippen LogP contribution is -2.53. The van der Waals surface area contributed by atoms with Crippen LogP contribution >= 0.6 is 23.2 Å². The fourth-order valence-electron chi connectivity index (χ4n) is 2.04. The predicted octanol–water partition coefficient (Wildman–Crippen LogP) is 2.16. The van der Waals surface area contributed by atoms with Gasteiger partial charge in [0.2, 0.25) is 0 Å². The van der Waals surface area contributed by atoms with Crippen molar-refractivity contribution < 1.29 is 4.79 Å². The van der Waals surface area contributed by atoms with Crippen LogP contribution in [0.1, 0.15) is 19.3 Å². The highest BCUT2D eigenvalue weighted by molar-refractivity contribution is 6.60. The summed E-state index contributed by atoms with van der Waals surface area (Å²) in [4.78, 5) is 11.1. The van der Waals surface area contributed by atoms with E-state index in [0.717, 1.165) is 19.3 Å². The van der Waals surface area contributed by atoms with E-state index in [4.69, 9.17) is 23.2 Å². The summed E-state index contributed by atoms with van der Waals surface area (Å²) in [5.41, 5.74) is 0. The van der Waals surface area contributed by atoms with Crippen LogP contribution in [-0.4, -0.2) is 10.1 Å². The average Bonchev–Trinajstić information content (AvgIpc) is 2.31. The van der Waals surface area contributed by atoms with Crippen LogP contribution in [0.4, 0.5) is 0 Å². The second-order valence-corrected chi connectivity index (χ2v) is 4.52. The number of rotatable bonds is 0. The van der Waals surface area contributed by atoms with E-state index in [-0.39, 0.29) is 17.6 Å². The maximum atomic E-state index is 11.1. The van der Waals surface area contributed by atoms with Gasteiger partial charge in [0.25, 0.3) is 0 Å². The topological polar surface area (TPSA) is 17.1 Å². The summed E-state index contributed by atoms with van der Waals surface area (Å²) in [6, 6.07) is 0. The molecule has 0 aromatic heterocycles. The first-order valence-corrected chi connectivity index (χ1v) is 4.32. The summed E-state index contributed by atoms with van der Waals surface area (Å²) in [7, 11) is 0. The van der Waals surface area contributed by atoms with Gasteiger partial charge in [0.05, 0.1) is 0 Å². The van der Waals surface area contributed by atoms with Gasteiger partial charge in [-0.05, 0) is 12.8 Å². The third kappa shape index (κ3) is 0.629. The first-order valence-electron chi connectivity index (χ1n) is 3.56. The summed E-state index contributed by atoms with van der Waals surface area (Å²) in [5.74, 6) is 0.525. The van der Waals surface area contributed by atoms with Crippen molar-refractivity contribution >= 4 is 29.0 Å². The number of hydrogen-bond donors (Lipinski definition) is 0. The highest BCUT2D eigenvalue weighted by Crippen LogP contribution is 2.56. The molecular formula is C7H8Cl2O. The van der Waals surface area contributed by atoms with Crippen LogP contribution in [0.25, 0.3) is 0 Å². The normalized spacial score (nSPS) is 42.8. The molecule has 2 aliphatic rings. The molecular weight excluding hydrogens is 171 g/mol. The van der Waals surface area contributed by atoms with Crippen LogP contribution < -0.4 is 0 Å². The monoisotopic (exact) mass is 178 g/mol. The Labute approximate surface area is 69.7 Å². The molecule has 0 saturated heterocycles. The molecule has 0 N–H and O–H groups in total. The van der Waals surface area contributed by atoms with Crippen LogP contribution in [-0.2, 0) is 4.79 Å². The first-order chi connectivity index (χ1) is 4.64. The van der Waals surface area contributed by atoms with Crippen LogP contribution in [0, 0.1) is 11.8 Å². The van der Waals surface area contributed by atoms with Gasteiger partial charge in [-0.2, -0.15) is 0 Å². The minimum atomic E-state index is -1.01. The van der Waals surface area contributed by atoms with Crippen LogP contribution in [0.5, 0.6) is 0 Å². The van der Waals surface area contributed by atoms with Gasteiger partial charge in [-0.3, -0.25) is 4.79 Å². The van der Waals surface area contributed by atoms with Gasteiger partial charge in [0.15, 0.2) is 10.1 Å². The first kappa shape index (κ1) is 6.93. The second-order valence-electron chi connectivity index (χ2n) is 3.13. The van der Waals surface area contributed by atoms with Gasteiger partial charge < -0.3 is 0 Å². The van der Waals surface area contributed by atoms with E-state index in [2.05, 4.69) is 0 Å². The minimum Gasteiger partial charge on any atom is -0.296 e. The molecule has 10 heavy (non-hydrogen) atoms. The molecule has 0 amide bonds. The Balaban J connectivity index is 2.23. The quantitative estimate of drug-likeness (QED) is 0.520. The van der Waals surface area contributed by atoms with E-state index in [1.807, 2.05) is 0 Å². The molecule has 0 heterocycles. The summed E-state index contributed by atoms with van der Waals surface area (Å²) < 4.78 is -1.01. The fourth-order valence-corrected chi connectivity index (χ4v) is 2.84. The number of Topliss-reactive ketones (excluding diaryl/α,β-unsaturated/α-hetero) is 1. The molecule has 0 aromatic rings. The standard InChI is InChI=1S/C7H8Cl2O/c8-7(9)5-3-1-2-4(5)6(7)10/h4-5H,1-3H2. The van der Waals surface area contributed by atoms with E-state index in [1.54, 1.807) is 0 Å². The van der Waals surface area contributed by atoms with Gasteiger partial charge in [-0.1, -0.05) is 29.6 Å². The molecule has 0 bridgehead atoms. The second kappa shape index (κ2) is 1.89. The predicted molar refractivity (Wildman–Crippen MR) is 40.3 cm³/mol.